The van der Waals surface area contributed by atoms with Gasteiger partial charge in [-0.05, 0) is 52.2 Å². The van der Waals surface area contributed by atoms with Crippen molar-refractivity contribution in [3.63, 3.8) is 0 Å². The lowest BCUT2D eigenvalue weighted by Crippen LogP contribution is -2.62. The summed E-state index contributed by atoms with van der Waals surface area (Å²) in [5.41, 5.74) is -1.46. The third-order valence-electron chi connectivity index (χ3n) is 9.83. The van der Waals surface area contributed by atoms with E-state index in [4.69, 9.17) is 16.1 Å². The molecular weight excluding hydrogens is 566 g/mol. The van der Waals surface area contributed by atoms with Crippen LogP contribution >= 0.6 is 0 Å². The van der Waals surface area contributed by atoms with Crippen molar-refractivity contribution in [3.8, 4) is 29.5 Å². The highest BCUT2D eigenvalue weighted by Gasteiger charge is 2.47. The molecule has 228 valence electrons. The van der Waals surface area contributed by atoms with E-state index in [1.54, 1.807) is 50.2 Å². The number of likely N-dealkylation sites (N-methyl/N-ethyl adjacent to an activating group) is 1. The van der Waals surface area contributed by atoms with Crippen molar-refractivity contribution in [1.82, 2.24) is 24.8 Å². The maximum atomic E-state index is 17.3. The number of aliphatic hydroxyl groups excluding tert-OH is 1. The van der Waals surface area contributed by atoms with E-state index in [0.29, 0.717) is 28.5 Å². The van der Waals surface area contributed by atoms with E-state index < -0.39 is 22.9 Å². The fraction of sp³-hybridized carbons (Fsp3) is 0.424. The highest BCUT2D eigenvalue weighted by Crippen LogP contribution is 2.44. The molecule has 7 rings (SSSR count). The standard InChI is InChI=1S/C33H34F2N6O3/c1-6-20-22(34)12-10-18-8-7-9-21(24(18)20)27-26(35)29-25-30(38-32(43)41(29)15-33(3,16-42)39(4)5)40-14-19-11-13-23(36-19)28(40)17(2)44-31(25)37-27/h1,7-10,12,17,19,23,28,36,42H,11,13-16H2,2-5H3/t17-,19+,23-,28+,33?/m0/s1. The molecule has 0 aliphatic carbocycles. The first kappa shape index (κ1) is 28.6. The van der Waals surface area contributed by atoms with E-state index in [9.17, 15) is 14.3 Å². The molecule has 3 aliphatic heterocycles. The number of aliphatic hydroxyl groups is 1. The Morgan fingerprint density at radius 3 is 2.73 bits per heavy atom. The molecule has 2 aromatic carbocycles. The number of pyridine rings is 1. The van der Waals surface area contributed by atoms with E-state index >= 15 is 4.39 Å². The van der Waals surface area contributed by atoms with E-state index in [0.717, 1.165) is 12.8 Å². The summed E-state index contributed by atoms with van der Waals surface area (Å²) in [4.78, 5) is 27.2. The summed E-state index contributed by atoms with van der Waals surface area (Å²) in [6, 6.07) is 8.16. The van der Waals surface area contributed by atoms with Crippen LogP contribution in [-0.4, -0.2) is 81.6 Å². The minimum Gasteiger partial charge on any atom is -0.472 e. The van der Waals surface area contributed by atoms with Crippen LogP contribution < -0.4 is 20.6 Å². The zero-order valence-corrected chi connectivity index (χ0v) is 25.1. The van der Waals surface area contributed by atoms with E-state index in [1.165, 1.54) is 10.6 Å². The van der Waals surface area contributed by atoms with Gasteiger partial charge in [-0.15, -0.1) is 6.42 Å². The molecule has 5 atom stereocenters. The zero-order chi connectivity index (χ0) is 31.1. The van der Waals surface area contributed by atoms with Crippen LogP contribution in [0.4, 0.5) is 14.6 Å². The van der Waals surface area contributed by atoms with Gasteiger partial charge in [0.1, 0.15) is 34.3 Å². The van der Waals surface area contributed by atoms with E-state index in [2.05, 4.69) is 21.1 Å². The predicted molar refractivity (Wildman–Crippen MR) is 165 cm³/mol. The number of hydrogen-bond acceptors (Lipinski definition) is 8. The van der Waals surface area contributed by atoms with E-state index in [-0.39, 0.29) is 65.6 Å². The number of piperazine rings is 1. The monoisotopic (exact) mass is 600 g/mol. The molecule has 2 aromatic heterocycles. The van der Waals surface area contributed by atoms with Crippen molar-refractivity contribution >= 4 is 27.5 Å². The number of terminal acetylenes is 1. The Hall–Kier alpha value is -4.11. The number of ether oxygens (including phenoxy) is 1. The average Bonchev–Trinajstić information content (AvgIpc) is 3.33. The van der Waals surface area contributed by atoms with Crippen molar-refractivity contribution < 1.29 is 18.6 Å². The Morgan fingerprint density at radius 1 is 1.20 bits per heavy atom. The SMILES string of the molecule is C#Cc1c(F)ccc2cccc(-c3nc4c5c(nc(=O)n(CC(C)(CO)N(C)C)c5c3F)N3C[C@H]5CC[C@H](N5)[C@H]3[C@H](C)O4)c12. The van der Waals surface area contributed by atoms with Gasteiger partial charge in [0.05, 0.1) is 23.8 Å². The molecule has 4 aromatic rings. The minimum atomic E-state index is -0.930. The van der Waals surface area contributed by atoms with Gasteiger partial charge in [-0.1, -0.05) is 30.2 Å². The van der Waals surface area contributed by atoms with Gasteiger partial charge in [-0.3, -0.25) is 4.57 Å². The summed E-state index contributed by atoms with van der Waals surface area (Å²) >= 11 is 0. The first-order valence-corrected chi connectivity index (χ1v) is 14.9. The van der Waals surface area contributed by atoms with Crippen LogP contribution in [0.25, 0.3) is 32.9 Å². The third kappa shape index (κ3) is 4.12. The van der Waals surface area contributed by atoms with Crippen LogP contribution in [0.5, 0.6) is 5.88 Å². The Balaban J connectivity index is 1.59. The van der Waals surface area contributed by atoms with Crippen LogP contribution in [0.1, 0.15) is 32.3 Å². The van der Waals surface area contributed by atoms with Crippen LogP contribution in [0.2, 0.25) is 0 Å². The van der Waals surface area contributed by atoms with Crippen LogP contribution in [-0.2, 0) is 6.54 Å². The number of fused-ring (bicyclic) bond motifs is 6. The fourth-order valence-corrected chi connectivity index (χ4v) is 7.17. The van der Waals surface area contributed by atoms with Crippen molar-refractivity contribution in [2.45, 2.75) is 63.0 Å². The van der Waals surface area contributed by atoms with Crippen molar-refractivity contribution in [2.75, 3.05) is 32.1 Å². The quantitative estimate of drug-likeness (QED) is 0.337. The van der Waals surface area contributed by atoms with Crippen molar-refractivity contribution in [1.29, 1.82) is 0 Å². The highest BCUT2D eigenvalue weighted by molar-refractivity contribution is 6.03. The second-order valence-corrected chi connectivity index (χ2v) is 12.6. The molecule has 44 heavy (non-hydrogen) atoms. The van der Waals surface area contributed by atoms with E-state index in [1.807, 2.05) is 6.92 Å². The lowest BCUT2D eigenvalue weighted by molar-refractivity contribution is 0.0683. The summed E-state index contributed by atoms with van der Waals surface area (Å²) in [6.45, 7) is 3.96. The largest absolute Gasteiger partial charge is 0.472 e. The molecule has 11 heteroatoms. The van der Waals surface area contributed by atoms with Gasteiger partial charge in [0, 0.05) is 36.1 Å². The number of nitrogens with zero attached hydrogens (tertiary/aromatic N) is 5. The predicted octanol–water partition coefficient (Wildman–Crippen LogP) is 3.27. The molecule has 0 radical (unpaired) electrons. The van der Waals surface area contributed by atoms with Crippen molar-refractivity contribution in [3.05, 3.63) is 58.0 Å². The summed E-state index contributed by atoms with van der Waals surface area (Å²) in [7, 11) is 3.57. The number of rotatable bonds is 5. The lowest BCUT2D eigenvalue weighted by Gasteiger charge is -2.42. The second-order valence-electron chi connectivity index (χ2n) is 12.6. The van der Waals surface area contributed by atoms with Gasteiger partial charge < -0.3 is 25.0 Å². The molecule has 2 N–H and O–H groups in total. The third-order valence-corrected chi connectivity index (χ3v) is 9.83. The molecule has 2 fully saturated rings. The Kier molecular flexibility index (Phi) is 6.66. The normalized spacial score (nSPS) is 23.8. The maximum Gasteiger partial charge on any atom is 0.350 e. The number of nitrogens with one attached hydrogen (secondary N) is 1. The van der Waals surface area contributed by atoms with Gasteiger partial charge in [-0.25, -0.2) is 18.6 Å². The van der Waals surface area contributed by atoms with Crippen LogP contribution in [0, 0.1) is 24.0 Å². The van der Waals surface area contributed by atoms with Gasteiger partial charge >= 0.3 is 5.69 Å². The van der Waals surface area contributed by atoms with Crippen LogP contribution in [0.3, 0.4) is 0 Å². The number of halogens is 2. The first-order valence-electron chi connectivity index (χ1n) is 14.9. The molecule has 2 saturated heterocycles. The molecular formula is C33H34F2N6O3. The molecule has 0 spiro atoms. The summed E-state index contributed by atoms with van der Waals surface area (Å²) < 4.78 is 40.1. The zero-order valence-electron chi connectivity index (χ0n) is 25.1. The van der Waals surface area contributed by atoms with Crippen molar-refractivity contribution in [2.24, 2.45) is 0 Å². The molecule has 0 saturated carbocycles. The molecule has 9 nitrogen and oxygen atoms in total. The maximum absolute atomic E-state index is 17.3. The summed E-state index contributed by atoms with van der Waals surface area (Å²) in [5, 5.41) is 15.3. The molecule has 2 bridgehead atoms. The van der Waals surface area contributed by atoms with Gasteiger partial charge in [0.15, 0.2) is 5.82 Å². The Bertz CT molecular complexity index is 1940. The number of benzene rings is 2. The summed E-state index contributed by atoms with van der Waals surface area (Å²) in [5.74, 6) is 1.51. The van der Waals surface area contributed by atoms with Crippen LogP contribution in [0.15, 0.2) is 35.1 Å². The lowest BCUT2D eigenvalue weighted by atomic mass is 9.96. The average molecular weight is 601 g/mol. The smallest absolute Gasteiger partial charge is 0.350 e. The summed E-state index contributed by atoms with van der Waals surface area (Å²) in [6.07, 6.45) is 7.29. The topological polar surface area (TPSA) is 95.8 Å². The Labute approximate surface area is 253 Å². The Morgan fingerprint density at radius 2 is 2.00 bits per heavy atom. The molecule has 0 amide bonds. The van der Waals surface area contributed by atoms with Gasteiger partial charge in [0.25, 0.3) is 0 Å². The van der Waals surface area contributed by atoms with Gasteiger partial charge in [-0.2, -0.15) is 4.98 Å². The van der Waals surface area contributed by atoms with Gasteiger partial charge in [0.2, 0.25) is 5.88 Å². The molecule has 3 aliphatic rings. The number of hydrogen-bond donors (Lipinski definition) is 2. The fourth-order valence-electron chi connectivity index (χ4n) is 7.17. The number of anilines is 1. The minimum absolute atomic E-state index is 0.00736. The highest BCUT2D eigenvalue weighted by atomic mass is 19.1. The molecule has 1 unspecified atom stereocenters. The number of aromatic nitrogens is 3. The second kappa shape index (κ2) is 10.2. The molecule has 5 heterocycles. The first-order chi connectivity index (χ1) is 21.1.